The number of nitrogens with zero attached hydrogens (tertiary/aromatic N) is 1. The molecule has 7 N–H and O–H groups in total. The highest BCUT2D eigenvalue weighted by molar-refractivity contribution is 6.31. The average Bonchev–Trinajstić information content (AvgIpc) is 4.04. The van der Waals surface area contributed by atoms with E-state index in [9.17, 15) is 30.3 Å². The van der Waals surface area contributed by atoms with Crippen LogP contribution in [0.1, 0.15) is 67.6 Å². The largest absolute Gasteiger partial charge is 0.490 e. The Balaban J connectivity index is 1.20. The summed E-state index contributed by atoms with van der Waals surface area (Å²) in [5.74, 6) is -0.211. The van der Waals surface area contributed by atoms with Gasteiger partial charge in [0, 0.05) is 42.0 Å². The Morgan fingerprint density at radius 1 is 1.00 bits per heavy atom. The third-order valence-electron chi connectivity index (χ3n) is 9.43. The highest BCUT2D eigenvalue weighted by Crippen LogP contribution is 2.55. The molecular formula is C36H45ClN2O8. The van der Waals surface area contributed by atoms with Crippen LogP contribution in [0.5, 0.6) is 5.75 Å². The van der Waals surface area contributed by atoms with Crippen molar-refractivity contribution in [1.29, 1.82) is 0 Å². The second-order valence-electron chi connectivity index (χ2n) is 12.9. The van der Waals surface area contributed by atoms with Crippen molar-refractivity contribution in [3.05, 3.63) is 82.6 Å². The van der Waals surface area contributed by atoms with E-state index in [0.29, 0.717) is 24.0 Å². The predicted octanol–water partition coefficient (Wildman–Crippen LogP) is 3.02. The van der Waals surface area contributed by atoms with Gasteiger partial charge >= 0.3 is 0 Å². The van der Waals surface area contributed by atoms with Gasteiger partial charge in [0.1, 0.15) is 24.1 Å². The summed E-state index contributed by atoms with van der Waals surface area (Å²) in [5.41, 5.74) is 5.41. The van der Waals surface area contributed by atoms with Crippen LogP contribution in [0.2, 0.25) is 5.02 Å². The number of nitrogens with one attached hydrogen (secondary N) is 1. The maximum Gasteiger partial charge on any atom is 0.251 e. The van der Waals surface area contributed by atoms with Crippen LogP contribution < -0.4 is 10.1 Å². The number of rotatable bonds is 18. The molecule has 5 rings (SSSR count). The molecule has 2 aliphatic carbocycles. The Kier molecular flexibility index (Phi) is 11.9. The van der Waals surface area contributed by atoms with Crippen molar-refractivity contribution in [1.82, 2.24) is 10.3 Å². The smallest absolute Gasteiger partial charge is 0.251 e. The molecule has 2 fully saturated rings. The van der Waals surface area contributed by atoms with E-state index in [1.807, 2.05) is 42.7 Å². The second-order valence-corrected chi connectivity index (χ2v) is 13.3. The zero-order chi connectivity index (χ0) is 33.6. The predicted molar refractivity (Wildman–Crippen MR) is 177 cm³/mol. The van der Waals surface area contributed by atoms with Gasteiger partial charge in [-0.05, 0) is 97.2 Å². The van der Waals surface area contributed by atoms with Crippen molar-refractivity contribution in [3.8, 4) is 16.9 Å². The lowest BCUT2D eigenvalue weighted by atomic mass is 9.84. The molecule has 0 radical (unpaired) electrons. The summed E-state index contributed by atoms with van der Waals surface area (Å²) in [5, 5.41) is 61.4. The van der Waals surface area contributed by atoms with Gasteiger partial charge in [0.25, 0.3) is 5.91 Å². The Bertz CT molecular complexity index is 1500. The summed E-state index contributed by atoms with van der Waals surface area (Å²) >= 11 is 6.68. The molecule has 10 nitrogen and oxygen atoms in total. The van der Waals surface area contributed by atoms with Crippen molar-refractivity contribution in [2.45, 2.75) is 93.2 Å². The number of benzene rings is 2. The first-order valence-electron chi connectivity index (χ1n) is 16.4. The van der Waals surface area contributed by atoms with Gasteiger partial charge in [-0.15, -0.1) is 0 Å². The minimum Gasteiger partial charge on any atom is -0.490 e. The van der Waals surface area contributed by atoms with E-state index < -0.39 is 36.9 Å². The molecule has 0 bridgehead atoms. The SMILES string of the molecule is O=C(NCCCC(CO)c1ccc(Cl)c(CCC2(c3cnccc3-c3ccccc3OC3CC3)CC2)c1)[C@@H](O)[C@@H](O)[C@H](O)[C@@H](O)CO. The van der Waals surface area contributed by atoms with E-state index in [0.717, 1.165) is 66.5 Å². The van der Waals surface area contributed by atoms with Crippen LogP contribution in [-0.4, -0.2) is 91.8 Å². The van der Waals surface area contributed by atoms with Crippen LogP contribution in [0, 0.1) is 0 Å². The van der Waals surface area contributed by atoms with Gasteiger partial charge in [-0.3, -0.25) is 9.78 Å². The number of pyridine rings is 1. The summed E-state index contributed by atoms with van der Waals surface area (Å²) in [6.45, 7) is -0.783. The summed E-state index contributed by atoms with van der Waals surface area (Å²) < 4.78 is 6.25. The van der Waals surface area contributed by atoms with Crippen molar-refractivity contribution in [2.24, 2.45) is 0 Å². The van der Waals surface area contributed by atoms with E-state index in [4.69, 9.17) is 21.4 Å². The first kappa shape index (κ1) is 35.2. The quantitative estimate of drug-likeness (QED) is 0.101. The van der Waals surface area contributed by atoms with Crippen LogP contribution >= 0.6 is 11.6 Å². The minimum absolute atomic E-state index is 0.00538. The number of aromatic nitrogens is 1. The van der Waals surface area contributed by atoms with Crippen molar-refractivity contribution in [2.75, 3.05) is 19.8 Å². The van der Waals surface area contributed by atoms with E-state index in [2.05, 4.69) is 28.5 Å². The molecule has 1 amide bonds. The molecular weight excluding hydrogens is 624 g/mol. The molecule has 0 aliphatic heterocycles. The second kappa shape index (κ2) is 15.9. The number of para-hydroxylation sites is 1. The normalized spacial score (nSPS) is 18.5. The molecule has 1 heterocycles. The number of carbonyl (C=O) groups excluding carboxylic acids is 1. The summed E-state index contributed by atoms with van der Waals surface area (Å²) in [6, 6.07) is 16.1. The standard InChI is InChI=1S/C36H45ClN2O8/c37-29-10-7-22(24(20-40)4-3-16-39-35(46)34(45)33(44)32(43)30(42)21-41)18-23(29)11-13-36(14-15-36)28-19-38-17-12-26(28)27-5-1-2-6-31(27)47-25-8-9-25/h1-2,5-7,10,12,17-19,24-25,30,32-34,40-45H,3-4,8-9,11,13-16,20-21H2,(H,39,46)/t24?,30-,32+,33-,34-/m0/s1. The van der Waals surface area contributed by atoms with Crippen molar-refractivity contribution in [3.63, 3.8) is 0 Å². The fraction of sp³-hybridized carbons (Fsp3) is 0.500. The molecule has 0 spiro atoms. The van der Waals surface area contributed by atoms with Gasteiger partial charge in [0.2, 0.25) is 0 Å². The van der Waals surface area contributed by atoms with Gasteiger partial charge in [-0.25, -0.2) is 0 Å². The third-order valence-corrected chi connectivity index (χ3v) is 9.80. The zero-order valence-corrected chi connectivity index (χ0v) is 27.1. The first-order chi connectivity index (χ1) is 22.7. The fourth-order valence-electron chi connectivity index (χ4n) is 6.13. The maximum absolute atomic E-state index is 12.2. The van der Waals surface area contributed by atoms with Gasteiger partial charge in [-0.2, -0.15) is 0 Å². The van der Waals surface area contributed by atoms with Crippen LogP contribution in [0.3, 0.4) is 0 Å². The number of amides is 1. The molecule has 0 saturated heterocycles. The zero-order valence-electron chi connectivity index (χ0n) is 26.3. The fourth-order valence-corrected chi connectivity index (χ4v) is 6.35. The summed E-state index contributed by atoms with van der Waals surface area (Å²) in [6.07, 6.45) is 3.57. The van der Waals surface area contributed by atoms with Crippen LogP contribution in [0.15, 0.2) is 60.9 Å². The number of aliphatic hydroxyl groups is 6. The van der Waals surface area contributed by atoms with Gasteiger partial charge in [0.15, 0.2) is 6.10 Å². The summed E-state index contributed by atoms with van der Waals surface area (Å²) in [4.78, 5) is 16.7. The van der Waals surface area contributed by atoms with Gasteiger partial charge < -0.3 is 40.7 Å². The van der Waals surface area contributed by atoms with Crippen molar-refractivity contribution < 1.29 is 40.2 Å². The molecule has 5 atom stereocenters. The molecule has 2 saturated carbocycles. The number of aliphatic hydroxyl groups excluding tert-OH is 6. The first-order valence-corrected chi connectivity index (χ1v) is 16.8. The van der Waals surface area contributed by atoms with Gasteiger partial charge in [-0.1, -0.05) is 41.9 Å². The molecule has 2 aliphatic rings. The van der Waals surface area contributed by atoms with E-state index in [1.54, 1.807) is 0 Å². The van der Waals surface area contributed by atoms with Crippen LogP contribution in [-0.2, 0) is 16.6 Å². The minimum atomic E-state index is -1.98. The number of halogens is 1. The lowest BCUT2D eigenvalue weighted by Crippen LogP contribution is -2.51. The number of hydrogen-bond donors (Lipinski definition) is 7. The molecule has 47 heavy (non-hydrogen) atoms. The van der Waals surface area contributed by atoms with Crippen LogP contribution in [0.4, 0.5) is 0 Å². The van der Waals surface area contributed by atoms with Crippen molar-refractivity contribution >= 4 is 17.5 Å². The lowest BCUT2D eigenvalue weighted by Gasteiger charge is -2.25. The monoisotopic (exact) mass is 668 g/mol. The molecule has 1 unspecified atom stereocenters. The lowest BCUT2D eigenvalue weighted by molar-refractivity contribution is -0.148. The average molecular weight is 669 g/mol. The third kappa shape index (κ3) is 8.69. The maximum atomic E-state index is 12.2. The highest BCUT2D eigenvalue weighted by atomic mass is 35.5. The Labute approximate surface area is 280 Å². The van der Waals surface area contributed by atoms with E-state index in [-0.39, 0.29) is 24.5 Å². The Morgan fingerprint density at radius 2 is 1.77 bits per heavy atom. The number of carbonyl (C=O) groups is 1. The molecule has 11 heteroatoms. The number of hydrogen-bond acceptors (Lipinski definition) is 9. The number of aryl methyl sites for hydroxylation is 1. The molecule has 3 aromatic rings. The highest BCUT2D eigenvalue weighted by Gasteiger charge is 2.45. The Morgan fingerprint density at radius 3 is 2.47 bits per heavy atom. The number of ether oxygens (including phenoxy) is 1. The van der Waals surface area contributed by atoms with E-state index in [1.165, 1.54) is 5.56 Å². The van der Waals surface area contributed by atoms with E-state index >= 15 is 0 Å². The van der Waals surface area contributed by atoms with Gasteiger partial charge in [0.05, 0.1) is 12.7 Å². The molecule has 1 aromatic heterocycles. The topological polar surface area (TPSA) is 173 Å². The summed E-state index contributed by atoms with van der Waals surface area (Å²) in [7, 11) is 0. The van der Waals surface area contributed by atoms with Crippen LogP contribution in [0.25, 0.3) is 11.1 Å². The molecule has 2 aromatic carbocycles. The molecule has 254 valence electrons. The Hall–Kier alpha value is -3.09.